The fourth-order valence-electron chi connectivity index (χ4n) is 3.16. The molecule has 2 saturated heterocycles. The third-order valence-electron chi connectivity index (χ3n) is 4.05. The van der Waals surface area contributed by atoms with Crippen LogP contribution in [0.4, 0.5) is 0 Å². The Hall–Kier alpha value is -0.740. The zero-order valence-electron chi connectivity index (χ0n) is 10.6. The second kappa shape index (κ2) is 4.74. The van der Waals surface area contributed by atoms with E-state index >= 15 is 0 Å². The summed E-state index contributed by atoms with van der Waals surface area (Å²) in [5, 5.41) is 12.2. The average Bonchev–Trinajstić information content (AvgIpc) is 2.38. The summed E-state index contributed by atoms with van der Waals surface area (Å²) in [4.78, 5) is 4.12. The van der Waals surface area contributed by atoms with Gasteiger partial charge in [0.05, 0.1) is 12.7 Å². The summed E-state index contributed by atoms with van der Waals surface area (Å²) >= 11 is 2.07. The molecule has 2 bridgehead atoms. The van der Waals surface area contributed by atoms with Gasteiger partial charge in [-0.3, -0.25) is 0 Å². The second-order valence-electron chi connectivity index (χ2n) is 5.34. The van der Waals surface area contributed by atoms with E-state index in [0.717, 1.165) is 18.4 Å². The van der Waals surface area contributed by atoms with E-state index in [9.17, 15) is 5.11 Å². The number of methoxy groups -OCH3 is 1. The van der Waals surface area contributed by atoms with Crippen LogP contribution in [0, 0.1) is 0 Å². The van der Waals surface area contributed by atoms with Gasteiger partial charge in [-0.15, -0.1) is 0 Å². The van der Waals surface area contributed by atoms with E-state index in [0.29, 0.717) is 16.4 Å². The molecule has 18 heavy (non-hydrogen) atoms. The van der Waals surface area contributed by atoms with Crippen molar-refractivity contribution in [2.45, 2.75) is 48.2 Å². The van der Waals surface area contributed by atoms with Crippen molar-refractivity contribution >= 4 is 11.8 Å². The molecule has 2 unspecified atom stereocenters. The minimum atomic E-state index is -0.683. The van der Waals surface area contributed by atoms with Gasteiger partial charge in [-0.2, -0.15) is 11.8 Å². The fraction of sp³-hybridized carbons (Fsp3) is 0.643. The van der Waals surface area contributed by atoms with Crippen molar-refractivity contribution in [3.63, 3.8) is 0 Å². The van der Waals surface area contributed by atoms with Crippen molar-refractivity contribution in [3.8, 4) is 5.88 Å². The molecule has 0 aromatic carbocycles. The van der Waals surface area contributed by atoms with Gasteiger partial charge in [0.15, 0.2) is 0 Å². The van der Waals surface area contributed by atoms with E-state index in [4.69, 9.17) is 4.74 Å². The maximum atomic E-state index is 11.0. The van der Waals surface area contributed by atoms with Crippen molar-refractivity contribution in [1.82, 2.24) is 4.98 Å². The van der Waals surface area contributed by atoms with Crippen molar-refractivity contribution in [2.24, 2.45) is 0 Å². The standard InChI is InChI=1S/C14H19NO2S/c1-17-13-7-10(5-6-15-13)14(16)8-11-3-2-4-12(9-14)18-11/h5-7,11-12,16H,2-4,8-9H2,1H3. The Bertz CT molecular complexity index is 426. The molecule has 4 heteroatoms. The lowest BCUT2D eigenvalue weighted by Crippen LogP contribution is -2.40. The highest BCUT2D eigenvalue weighted by atomic mass is 32.2. The molecule has 98 valence electrons. The van der Waals surface area contributed by atoms with Crippen LogP contribution >= 0.6 is 11.8 Å². The number of hydrogen-bond donors (Lipinski definition) is 1. The van der Waals surface area contributed by atoms with Gasteiger partial charge < -0.3 is 9.84 Å². The maximum absolute atomic E-state index is 11.0. The Labute approximate surface area is 112 Å². The molecule has 1 N–H and O–H groups in total. The number of thioether (sulfide) groups is 1. The van der Waals surface area contributed by atoms with Crippen molar-refractivity contribution in [2.75, 3.05) is 7.11 Å². The van der Waals surface area contributed by atoms with Crippen LogP contribution in [0.3, 0.4) is 0 Å². The Kier molecular flexibility index (Phi) is 3.24. The van der Waals surface area contributed by atoms with Crippen LogP contribution in [0.5, 0.6) is 5.88 Å². The minimum Gasteiger partial charge on any atom is -0.481 e. The quantitative estimate of drug-likeness (QED) is 0.893. The highest BCUT2D eigenvalue weighted by Crippen LogP contribution is 2.49. The Morgan fingerprint density at radius 3 is 2.78 bits per heavy atom. The van der Waals surface area contributed by atoms with Crippen molar-refractivity contribution < 1.29 is 9.84 Å². The molecule has 2 fully saturated rings. The monoisotopic (exact) mass is 265 g/mol. The maximum Gasteiger partial charge on any atom is 0.213 e. The Balaban J connectivity index is 1.89. The van der Waals surface area contributed by atoms with Crippen molar-refractivity contribution in [1.29, 1.82) is 0 Å². The number of aromatic nitrogens is 1. The average molecular weight is 265 g/mol. The lowest BCUT2D eigenvalue weighted by molar-refractivity contribution is 0.00785. The number of pyridine rings is 1. The topological polar surface area (TPSA) is 42.4 Å². The smallest absolute Gasteiger partial charge is 0.213 e. The molecule has 3 rings (SSSR count). The summed E-state index contributed by atoms with van der Waals surface area (Å²) in [6, 6.07) is 3.81. The molecule has 0 saturated carbocycles. The number of fused-ring (bicyclic) bond motifs is 2. The molecule has 2 aliphatic rings. The number of aliphatic hydroxyl groups is 1. The number of nitrogens with zero attached hydrogens (tertiary/aromatic N) is 1. The van der Waals surface area contributed by atoms with Gasteiger partial charge in [-0.1, -0.05) is 6.42 Å². The summed E-state index contributed by atoms with van der Waals surface area (Å²) < 4.78 is 5.16. The minimum absolute atomic E-state index is 0.587. The van der Waals surface area contributed by atoms with E-state index in [1.807, 2.05) is 12.1 Å². The lowest BCUT2D eigenvalue weighted by atomic mass is 9.81. The molecule has 0 radical (unpaired) electrons. The van der Waals surface area contributed by atoms with E-state index in [-0.39, 0.29) is 0 Å². The molecule has 0 amide bonds. The summed E-state index contributed by atoms with van der Waals surface area (Å²) in [5.41, 5.74) is 0.281. The van der Waals surface area contributed by atoms with Crippen molar-refractivity contribution in [3.05, 3.63) is 23.9 Å². The highest BCUT2D eigenvalue weighted by molar-refractivity contribution is 8.00. The predicted molar refractivity (Wildman–Crippen MR) is 72.9 cm³/mol. The molecule has 1 aromatic heterocycles. The zero-order chi connectivity index (χ0) is 12.6. The SMILES string of the molecule is COc1cc(C2(O)CC3CCCC(C2)S3)ccn1. The van der Waals surface area contributed by atoms with E-state index in [2.05, 4.69) is 16.7 Å². The first-order valence-corrected chi connectivity index (χ1v) is 7.52. The van der Waals surface area contributed by atoms with Crippen LogP contribution in [0.25, 0.3) is 0 Å². The van der Waals surface area contributed by atoms with Gasteiger partial charge in [0, 0.05) is 22.8 Å². The number of ether oxygens (including phenoxy) is 1. The van der Waals surface area contributed by atoms with Crippen LogP contribution in [0.1, 0.15) is 37.7 Å². The van der Waals surface area contributed by atoms with E-state index in [1.54, 1.807) is 13.3 Å². The molecular weight excluding hydrogens is 246 g/mol. The van der Waals surface area contributed by atoms with Crippen LogP contribution in [-0.4, -0.2) is 27.7 Å². The number of hydrogen-bond acceptors (Lipinski definition) is 4. The summed E-state index contributed by atoms with van der Waals surface area (Å²) in [7, 11) is 1.61. The summed E-state index contributed by atoms with van der Waals surface area (Å²) in [5.74, 6) is 0.587. The first kappa shape index (κ1) is 12.3. The van der Waals surface area contributed by atoms with Gasteiger partial charge in [-0.25, -0.2) is 4.98 Å². The third kappa shape index (κ3) is 2.24. The summed E-state index contributed by atoms with van der Waals surface area (Å²) in [6.07, 6.45) is 7.25. The zero-order valence-corrected chi connectivity index (χ0v) is 11.4. The van der Waals surface area contributed by atoms with E-state index in [1.165, 1.54) is 19.3 Å². The van der Waals surface area contributed by atoms with Gasteiger partial charge in [0.1, 0.15) is 0 Å². The van der Waals surface area contributed by atoms with Gasteiger partial charge >= 0.3 is 0 Å². The molecule has 3 heterocycles. The second-order valence-corrected chi connectivity index (χ2v) is 6.94. The van der Waals surface area contributed by atoms with Crippen LogP contribution in [-0.2, 0) is 5.60 Å². The molecular formula is C14H19NO2S. The van der Waals surface area contributed by atoms with Crippen LogP contribution in [0.15, 0.2) is 18.3 Å². The molecule has 1 aromatic rings. The normalized spacial score (nSPS) is 35.2. The molecule has 2 aliphatic heterocycles. The van der Waals surface area contributed by atoms with Crippen LogP contribution in [0.2, 0.25) is 0 Å². The first-order chi connectivity index (χ1) is 8.69. The van der Waals surface area contributed by atoms with Gasteiger partial charge in [0.2, 0.25) is 5.88 Å². The first-order valence-electron chi connectivity index (χ1n) is 6.58. The third-order valence-corrected chi connectivity index (χ3v) is 5.62. The van der Waals surface area contributed by atoms with Crippen LogP contribution < -0.4 is 4.74 Å². The predicted octanol–water partition coefficient (Wildman–Crippen LogP) is 2.73. The molecule has 0 aliphatic carbocycles. The highest BCUT2D eigenvalue weighted by Gasteiger charge is 2.42. The van der Waals surface area contributed by atoms with E-state index < -0.39 is 5.60 Å². The number of rotatable bonds is 2. The fourth-order valence-corrected chi connectivity index (χ4v) is 5.06. The lowest BCUT2D eigenvalue weighted by Gasteiger charge is -2.44. The van der Waals surface area contributed by atoms with Gasteiger partial charge in [-0.05, 0) is 37.3 Å². The summed E-state index contributed by atoms with van der Waals surface area (Å²) in [6.45, 7) is 0. The Morgan fingerprint density at radius 2 is 2.11 bits per heavy atom. The molecule has 0 spiro atoms. The largest absolute Gasteiger partial charge is 0.481 e. The molecule has 3 nitrogen and oxygen atoms in total. The van der Waals surface area contributed by atoms with Gasteiger partial charge in [0.25, 0.3) is 0 Å². The Morgan fingerprint density at radius 1 is 1.39 bits per heavy atom. The molecule has 2 atom stereocenters.